The average molecular weight is 340 g/mol. The maximum absolute atomic E-state index is 13.8. The highest BCUT2D eigenvalue weighted by Crippen LogP contribution is 2.29. The summed E-state index contributed by atoms with van der Waals surface area (Å²) in [6.45, 7) is 2.08. The first kappa shape index (κ1) is 15.0. The fourth-order valence-electron chi connectivity index (χ4n) is 2.12. The van der Waals surface area contributed by atoms with E-state index >= 15 is 0 Å². The van der Waals surface area contributed by atoms with Crippen LogP contribution in [0.25, 0.3) is 0 Å². The molecule has 2 aromatic carbocycles. The van der Waals surface area contributed by atoms with Crippen LogP contribution in [0.15, 0.2) is 46.9 Å². The molecule has 0 saturated carbocycles. The van der Waals surface area contributed by atoms with E-state index in [4.69, 9.17) is 0 Å². The van der Waals surface area contributed by atoms with E-state index in [0.717, 1.165) is 24.5 Å². The van der Waals surface area contributed by atoms with Gasteiger partial charge in [0, 0.05) is 6.07 Å². The van der Waals surface area contributed by atoms with E-state index in [1.54, 1.807) is 0 Å². The molecular formula is C16H16BrF2N. The molecule has 0 fully saturated rings. The van der Waals surface area contributed by atoms with Crippen LogP contribution in [0.2, 0.25) is 0 Å². The molecule has 0 spiro atoms. The summed E-state index contributed by atoms with van der Waals surface area (Å²) < 4.78 is 27.3. The van der Waals surface area contributed by atoms with Crippen LogP contribution in [0, 0.1) is 11.6 Å². The van der Waals surface area contributed by atoms with Gasteiger partial charge in [-0.1, -0.05) is 43.7 Å². The van der Waals surface area contributed by atoms with Crippen LogP contribution >= 0.6 is 15.9 Å². The quantitative estimate of drug-likeness (QED) is 0.691. The van der Waals surface area contributed by atoms with E-state index < -0.39 is 11.6 Å². The van der Waals surface area contributed by atoms with Gasteiger partial charge in [-0.25, -0.2) is 8.78 Å². The van der Waals surface area contributed by atoms with Crippen LogP contribution in [0.5, 0.6) is 0 Å². The molecule has 0 aliphatic heterocycles. The molecule has 20 heavy (non-hydrogen) atoms. The molecule has 4 heteroatoms. The van der Waals surface area contributed by atoms with E-state index in [1.165, 1.54) is 6.07 Å². The summed E-state index contributed by atoms with van der Waals surface area (Å²) in [6.07, 6.45) is 1.84. The summed E-state index contributed by atoms with van der Waals surface area (Å²) >= 11 is 3.08. The Morgan fingerprint density at radius 1 is 1.10 bits per heavy atom. The Morgan fingerprint density at radius 3 is 2.45 bits per heavy atom. The van der Waals surface area contributed by atoms with Crippen molar-refractivity contribution in [2.24, 2.45) is 0 Å². The highest BCUT2D eigenvalue weighted by Gasteiger charge is 2.14. The number of benzene rings is 2. The first-order chi connectivity index (χ1) is 9.61. The lowest BCUT2D eigenvalue weighted by molar-refractivity contribution is 0.576. The highest BCUT2D eigenvalue weighted by molar-refractivity contribution is 9.10. The van der Waals surface area contributed by atoms with Crippen LogP contribution in [0.3, 0.4) is 0 Å². The summed E-state index contributed by atoms with van der Waals surface area (Å²) in [5, 5.41) is 3.16. The smallest absolute Gasteiger partial charge is 0.149 e. The van der Waals surface area contributed by atoms with Crippen molar-refractivity contribution in [1.29, 1.82) is 0 Å². The van der Waals surface area contributed by atoms with Crippen LogP contribution in [0.4, 0.5) is 14.5 Å². The zero-order valence-corrected chi connectivity index (χ0v) is 12.8. The van der Waals surface area contributed by atoms with Crippen LogP contribution in [-0.2, 0) is 0 Å². The van der Waals surface area contributed by atoms with Gasteiger partial charge < -0.3 is 5.32 Å². The maximum atomic E-state index is 13.8. The Labute approximate surface area is 126 Å². The second-order valence-electron chi connectivity index (χ2n) is 4.64. The lowest BCUT2D eigenvalue weighted by atomic mass is 10.0. The Kier molecular flexibility index (Phi) is 5.12. The van der Waals surface area contributed by atoms with Crippen molar-refractivity contribution in [1.82, 2.24) is 0 Å². The monoisotopic (exact) mass is 339 g/mol. The summed E-state index contributed by atoms with van der Waals surface area (Å²) in [6, 6.07) is 12.2. The second kappa shape index (κ2) is 6.84. The maximum Gasteiger partial charge on any atom is 0.149 e. The molecule has 2 aromatic rings. The van der Waals surface area contributed by atoms with Crippen molar-refractivity contribution in [3.05, 3.63) is 64.1 Å². The molecule has 1 nitrogen and oxygen atoms in total. The molecule has 0 aromatic heterocycles. The molecule has 0 bridgehead atoms. The number of halogens is 3. The molecule has 0 radical (unpaired) electrons. The van der Waals surface area contributed by atoms with Crippen molar-refractivity contribution < 1.29 is 8.78 Å². The molecule has 1 unspecified atom stereocenters. The van der Waals surface area contributed by atoms with Gasteiger partial charge in [-0.3, -0.25) is 0 Å². The van der Waals surface area contributed by atoms with Gasteiger partial charge in [0.25, 0.3) is 0 Å². The predicted molar refractivity (Wildman–Crippen MR) is 81.8 cm³/mol. The van der Waals surface area contributed by atoms with Crippen molar-refractivity contribution in [3.63, 3.8) is 0 Å². The zero-order chi connectivity index (χ0) is 14.5. The molecular weight excluding hydrogens is 324 g/mol. The molecule has 0 amide bonds. The number of hydrogen-bond donors (Lipinski definition) is 1. The Hall–Kier alpha value is -1.42. The lowest BCUT2D eigenvalue weighted by Gasteiger charge is -2.20. The van der Waals surface area contributed by atoms with Gasteiger partial charge in [-0.05, 0) is 34.0 Å². The second-order valence-corrected chi connectivity index (χ2v) is 5.50. The summed E-state index contributed by atoms with van der Waals surface area (Å²) in [5.41, 5.74) is 1.40. The molecule has 1 N–H and O–H groups in total. The fraction of sp³-hybridized carbons (Fsp3) is 0.250. The summed E-state index contributed by atoms with van der Waals surface area (Å²) in [7, 11) is 0. The minimum absolute atomic E-state index is 0.00746. The Bertz CT molecular complexity index is 572. The third-order valence-corrected chi connectivity index (χ3v) is 3.73. The number of nitrogens with one attached hydrogen (secondary N) is 1. The van der Waals surface area contributed by atoms with Crippen LogP contribution in [0.1, 0.15) is 31.4 Å². The highest BCUT2D eigenvalue weighted by atomic mass is 79.9. The third-order valence-electron chi connectivity index (χ3n) is 3.12. The van der Waals surface area contributed by atoms with E-state index in [0.29, 0.717) is 5.69 Å². The van der Waals surface area contributed by atoms with Gasteiger partial charge in [-0.2, -0.15) is 0 Å². The predicted octanol–water partition coefficient (Wildman–Crippen LogP) is 5.68. The largest absolute Gasteiger partial charge is 0.376 e. The SMILES string of the molecule is CCCC(Nc1cc(Br)c(F)cc1F)c1ccccc1. The number of rotatable bonds is 5. The van der Waals surface area contributed by atoms with Gasteiger partial charge in [-0.15, -0.1) is 0 Å². The van der Waals surface area contributed by atoms with Crippen molar-refractivity contribution in [2.75, 3.05) is 5.32 Å². The normalized spacial score (nSPS) is 12.2. The van der Waals surface area contributed by atoms with Gasteiger partial charge in [0.1, 0.15) is 11.6 Å². The molecule has 0 heterocycles. The first-order valence-electron chi connectivity index (χ1n) is 6.58. The summed E-state index contributed by atoms with van der Waals surface area (Å²) in [5.74, 6) is -1.18. The van der Waals surface area contributed by atoms with Crippen molar-refractivity contribution in [3.8, 4) is 0 Å². The van der Waals surface area contributed by atoms with Gasteiger partial charge in [0.15, 0.2) is 0 Å². The molecule has 106 valence electrons. The number of hydrogen-bond acceptors (Lipinski definition) is 1. The van der Waals surface area contributed by atoms with E-state index in [2.05, 4.69) is 28.2 Å². The lowest BCUT2D eigenvalue weighted by Crippen LogP contribution is -2.11. The van der Waals surface area contributed by atoms with Crippen LogP contribution in [-0.4, -0.2) is 0 Å². The Balaban J connectivity index is 2.27. The third kappa shape index (κ3) is 3.57. The molecule has 1 atom stereocenters. The van der Waals surface area contributed by atoms with Crippen molar-refractivity contribution >= 4 is 21.6 Å². The van der Waals surface area contributed by atoms with Gasteiger partial charge >= 0.3 is 0 Å². The summed E-state index contributed by atoms with van der Waals surface area (Å²) in [4.78, 5) is 0. The fourth-order valence-corrected chi connectivity index (χ4v) is 2.46. The molecule has 0 aliphatic rings. The van der Waals surface area contributed by atoms with Crippen molar-refractivity contribution in [2.45, 2.75) is 25.8 Å². The average Bonchev–Trinajstić information content (AvgIpc) is 2.45. The van der Waals surface area contributed by atoms with Crippen LogP contribution < -0.4 is 5.32 Å². The minimum Gasteiger partial charge on any atom is -0.376 e. The van der Waals surface area contributed by atoms with E-state index in [1.807, 2.05) is 30.3 Å². The van der Waals surface area contributed by atoms with Gasteiger partial charge in [0.05, 0.1) is 16.2 Å². The topological polar surface area (TPSA) is 12.0 Å². The van der Waals surface area contributed by atoms with Gasteiger partial charge in [0.2, 0.25) is 0 Å². The molecule has 0 saturated heterocycles. The molecule has 0 aliphatic carbocycles. The van der Waals surface area contributed by atoms with E-state index in [9.17, 15) is 8.78 Å². The Morgan fingerprint density at radius 2 is 1.80 bits per heavy atom. The first-order valence-corrected chi connectivity index (χ1v) is 7.37. The number of anilines is 1. The standard InChI is InChI=1S/C16H16BrF2N/c1-2-6-15(11-7-4-3-5-8-11)20-16-9-12(17)13(18)10-14(16)19/h3-5,7-10,15,20H,2,6H2,1H3. The zero-order valence-electron chi connectivity index (χ0n) is 11.2. The van der Waals surface area contributed by atoms with E-state index in [-0.39, 0.29) is 10.5 Å². The molecule has 2 rings (SSSR count). The minimum atomic E-state index is -0.597.